The Morgan fingerprint density at radius 3 is 2.24 bits per heavy atom. The fraction of sp³-hybridized carbons (Fsp3) is 0.360. The van der Waals surface area contributed by atoms with E-state index in [0.29, 0.717) is 11.6 Å². The second-order valence-electron chi connectivity index (χ2n) is 6.94. The van der Waals surface area contributed by atoms with E-state index >= 15 is 0 Å². The molecule has 2 aromatic carbocycles. The van der Waals surface area contributed by atoms with Crippen LogP contribution in [-0.2, 0) is 19.1 Å². The van der Waals surface area contributed by atoms with Crippen LogP contribution in [0, 0.1) is 0 Å². The number of nitrogens with zero attached hydrogens (tertiary/aromatic N) is 1. The van der Waals surface area contributed by atoms with Crippen molar-refractivity contribution in [2.24, 2.45) is 0 Å². The topological polar surface area (TPSA) is 55.8 Å². The predicted octanol–water partition coefficient (Wildman–Crippen LogP) is 6.41. The molecule has 1 aliphatic rings. The van der Waals surface area contributed by atoms with Gasteiger partial charge in [-0.25, -0.2) is 0 Å². The number of carbonyl (C=O) groups is 2. The van der Waals surface area contributed by atoms with Crippen molar-refractivity contribution in [2.75, 3.05) is 26.1 Å². The lowest BCUT2D eigenvalue weighted by Crippen LogP contribution is -2.50. The van der Waals surface area contributed by atoms with E-state index in [9.17, 15) is 9.59 Å². The van der Waals surface area contributed by atoms with Crippen molar-refractivity contribution < 1.29 is 19.1 Å². The summed E-state index contributed by atoms with van der Waals surface area (Å²) < 4.78 is 9.57. The van der Waals surface area contributed by atoms with Crippen LogP contribution >= 0.6 is 35.0 Å². The first-order valence-electron chi connectivity index (χ1n) is 10.5. The number of amides is 1. The van der Waals surface area contributed by atoms with Crippen LogP contribution < -0.4 is 0 Å². The maximum absolute atomic E-state index is 12.3. The maximum atomic E-state index is 12.3. The molecule has 1 fully saturated rings. The monoisotopic (exact) mass is 511 g/mol. The van der Waals surface area contributed by atoms with Gasteiger partial charge in [-0.15, -0.1) is 11.8 Å². The number of esters is 1. The second-order valence-corrected chi connectivity index (χ2v) is 8.81. The summed E-state index contributed by atoms with van der Waals surface area (Å²) in [6, 6.07) is 17.2. The Morgan fingerprint density at radius 1 is 1.21 bits per heavy atom. The number of hydrogen-bond donors (Lipinski definition) is 0. The van der Waals surface area contributed by atoms with Crippen molar-refractivity contribution in [2.45, 2.75) is 32.4 Å². The number of rotatable bonds is 6. The molecule has 0 spiro atoms. The molecule has 0 bridgehead atoms. The SMILES string of the molecule is C=CSCC(CC)N1C(=O)COCC1c1ccc(Cl)cc1.COC(C)=O.Clc1ccccc1. The molecule has 1 saturated heterocycles. The molecule has 5 nitrogen and oxygen atoms in total. The Balaban J connectivity index is 0.000000370. The van der Waals surface area contributed by atoms with E-state index in [2.05, 4.69) is 18.2 Å². The minimum Gasteiger partial charge on any atom is -0.469 e. The fourth-order valence-corrected chi connectivity index (χ4v) is 4.00. The lowest BCUT2D eigenvalue weighted by Gasteiger charge is -2.41. The molecule has 1 heterocycles. The molecule has 2 atom stereocenters. The molecule has 3 rings (SSSR count). The molecule has 0 radical (unpaired) electrons. The number of ether oxygens (including phenoxy) is 2. The summed E-state index contributed by atoms with van der Waals surface area (Å²) in [7, 11) is 1.35. The first kappa shape index (κ1) is 29.0. The van der Waals surface area contributed by atoms with Crippen LogP contribution in [0.4, 0.5) is 0 Å². The van der Waals surface area contributed by atoms with Crippen LogP contribution in [0.3, 0.4) is 0 Å². The third-order valence-electron chi connectivity index (χ3n) is 4.67. The average Bonchev–Trinajstić information content (AvgIpc) is 2.82. The molecule has 0 aliphatic carbocycles. The molecule has 0 saturated carbocycles. The summed E-state index contributed by atoms with van der Waals surface area (Å²) in [6.07, 6.45) is 0.913. The van der Waals surface area contributed by atoms with Crippen LogP contribution in [-0.4, -0.2) is 48.9 Å². The van der Waals surface area contributed by atoms with Gasteiger partial charge in [0.2, 0.25) is 5.91 Å². The van der Waals surface area contributed by atoms with Crippen LogP contribution in [0.1, 0.15) is 31.9 Å². The van der Waals surface area contributed by atoms with Gasteiger partial charge < -0.3 is 14.4 Å². The van der Waals surface area contributed by atoms with Crippen molar-refractivity contribution in [1.82, 2.24) is 4.90 Å². The van der Waals surface area contributed by atoms with E-state index in [1.54, 1.807) is 11.8 Å². The van der Waals surface area contributed by atoms with Gasteiger partial charge in [0, 0.05) is 28.8 Å². The van der Waals surface area contributed by atoms with E-state index in [0.717, 1.165) is 22.8 Å². The standard InChI is InChI=1S/C16H20ClNO2S.C6H5Cl.C3H6O2/c1-3-14(11-21-4-2)18-15(9-20-10-16(18)19)12-5-7-13(17)8-6-12;7-6-4-2-1-3-5-6;1-3(4)5-2/h4-8,14-15H,2-3,9-11H2,1H3;1-5H;1-2H3. The minimum absolute atomic E-state index is 0.0427. The third-order valence-corrected chi connectivity index (χ3v) is 5.99. The Labute approximate surface area is 211 Å². The van der Waals surface area contributed by atoms with Crippen LogP contribution in [0.5, 0.6) is 0 Å². The highest BCUT2D eigenvalue weighted by atomic mass is 35.5. The molecule has 33 heavy (non-hydrogen) atoms. The summed E-state index contributed by atoms with van der Waals surface area (Å²) >= 11 is 13.1. The summed E-state index contributed by atoms with van der Waals surface area (Å²) in [5.74, 6) is 0.665. The van der Waals surface area contributed by atoms with Crippen LogP contribution in [0.25, 0.3) is 0 Å². The molecule has 8 heteroatoms. The van der Waals surface area contributed by atoms with E-state index in [1.807, 2.05) is 64.9 Å². The molecule has 1 amide bonds. The number of methoxy groups -OCH3 is 1. The van der Waals surface area contributed by atoms with Crippen molar-refractivity contribution in [3.63, 3.8) is 0 Å². The number of hydrogen-bond acceptors (Lipinski definition) is 5. The number of carbonyl (C=O) groups excluding carboxylic acids is 2. The largest absolute Gasteiger partial charge is 0.469 e. The molecular formula is C25H31Cl2NO4S. The van der Waals surface area contributed by atoms with E-state index in [4.69, 9.17) is 27.9 Å². The molecule has 1 aliphatic heterocycles. The second kappa shape index (κ2) is 16.6. The summed E-state index contributed by atoms with van der Waals surface area (Å²) in [5, 5.41) is 3.32. The van der Waals surface area contributed by atoms with Crippen LogP contribution in [0.2, 0.25) is 10.0 Å². The number of benzene rings is 2. The van der Waals surface area contributed by atoms with Crippen molar-refractivity contribution in [3.05, 3.63) is 82.2 Å². The summed E-state index contributed by atoms with van der Waals surface area (Å²) in [4.78, 5) is 23.9. The highest BCUT2D eigenvalue weighted by Gasteiger charge is 2.34. The first-order valence-corrected chi connectivity index (χ1v) is 12.3. The van der Waals surface area contributed by atoms with Gasteiger partial charge in [-0.05, 0) is 41.7 Å². The van der Waals surface area contributed by atoms with E-state index < -0.39 is 0 Å². The fourth-order valence-electron chi connectivity index (χ4n) is 2.98. The average molecular weight is 512 g/mol. The zero-order valence-corrected chi connectivity index (χ0v) is 21.5. The Morgan fingerprint density at radius 2 is 1.79 bits per heavy atom. The van der Waals surface area contributed by atoms with Gasteiger partial charge in [-0.2, -0.15) is 0 Å². The maximum Gasteiger partial charge on any atom is 0.302 e. The van der Waals surface area contributed by atoms with Gasteiger partial charge in [-0.3, -0.25) is 9.59 Å². The van der Waals surface area contributed by atoms with E-state index in [-0.39, 0.29) is 30.6 Å². The Bertz CT molecular complexity index is 849. The highest BCUT2D eigenvalue weighted by molar-refractivity contribution is 8.02. The quantitative estimate of drug-likeness (QED) is 0.419. The lowest BCUT2D eigenvalue weighted by molar-refractivity contribution is -0.151. The minimum atomic E-state index is -0.245. The van der Waals surface area contributed by atoms with Gasteiger partial charge in [0.05, 0.1) is 19.8 Å². The number of thioether (sulfide) groups is 1. The van der Waals surface area contributed by atoms with Crippen molar-refractivity contribution in [1.29, 1.82) is 0 Å². The summed E-state index contributed by atoms with van der Waals surface area (Å²) in [6.45, 7) is 7.90. The van der Waals surface area contributed by atoms with Crippen molar-refractivity contribution >= 4 is 46.8 Å². The molecule has 2 unspecified atom stereocenters. The molecular weight excluding hydrogens is 481 g/mol. The van der Waals surface area contributed by atoms with Gasteiger partial charge in [0.15, 0.2) is 0 Å². The van der Waals surface area contributed by atoms with Gasteiger partial charge in [0.25, 0.3) is 0 Å². The number of halogens is 2. The van der Waals surface area contributed by atoms with Gasteiger partial charge in [-0.1, -0.05) is 67.0 Å². The normalized spacial score (nSPS) is 15.8. The molecule has 0 aromatic heterocycles. The zero-order valence-electron chi connectivity index (χ0n) is 19.2. The molecule has 0 N–H and O–H groups in total. The predicted molar refractivity (Wildman–Crippen MR) is 138 cm³/mol. The molecule has 180 valence electrons. The van der Waals surface area contributed by atoms with Gasteiger partial charge >= 0.3 is 5.97 Å². The van der Waals surface area contributed by atoms with Crippen molar-refractivity contribution in [3.8, 4) is 0 Å². The number of morpholine rings is 1. The first-order chi connectivity index (χ1) is 15.8. The lowest BCUT2D eigenvalue weighted by atomic mass is 10.0. The Kier molecular flexibility index (Phi) is 14.6. The smallest absolute Gasteiger partial charge is 0.302 e. The highest BCUT2D eigenvalue weighted by Crippen LogP contribution is 2.30. The Hall–Kier alpha value is -1.99. The van der Waals surface area contributed by atoms with E-state index in [1.165, 1.54) is 14.0 Å². The summed E-state index contributed by atoms with van der Waals surface area (Å²) in [5.41, 5.74) is 1.06. The molecule has 2 aromatic rings. The third kappa shape index (κ3) is 11.1. The van der Waals surface area contributed by atoms with Crippen LogP contribution in [0.15, 0.2) is 66.6 Å². The zero-order chi connectivity index (χ0) is 24.6. The van der Waals surface area contributed by atoms with Gasteiger partial charge in [0.1, 0.15) is 6.61 Å².